The summed E-state index contributed by atoms with van der Waals surface area (Å²) in [5.41, 5.74) is 0.712. The zero-order valence-electron chi connectivity index (χ0n) is 8.88. The molecule has 74 valence electrons. The van der Waals surface area contributed by atoms with E-state index < -0.39 is 0 Å². The third kappa shape index (κ3) is 0.909. The van der Waals surface area contributed by atoms with Crippen LogP contribution in [0.4, 0.5) is 0 Å². The third-order valence-corrected chi connectivity index (χ3v) is 4.58. The predicted octanol–water partition coefficient (Wildman–Crippen LogP) is 1.08. The van der Waals surface area contributed by atoms with Gasteiger partial charge in [0, 0.05) is 36.6 Å². The Bertz CT molecular complexity index is 238. The molecule has 13 heavy (non-hydrogen) atoms. The molecule has 0 aromatic rings. The van der Waals surface area contributed by atoms with Gasteiger partial charge in [0.15, 0.2) is 0 Å². The number of hydrogen-bond acceptors (Lipinski definition) is 2. The molecule has 4 atom stereocenters. The van der Waals surface area contributed by atoms with Crippen LogP contribution in [0.25, 0.3) is 0 Å². The molecular formula is C11H20N2. The molecular weight excluding hydrogens is 160 g/mol. The van der Waals surface area contributed by atoms with Crippen LogP contribution in [-0.2, 0) is 0 Å². The molecule has 1 saturated carbocycles. The average molecular weight is 180 g/mol. The zero-order valence-corrected chi connectivity index (χ0v) is 8.88. The normalized spacial score (nSPS) is 54.0. The highest BCUT2D eigenvalue weighted by Crippen LogP contribution is 2.63. The van der Waals surface area contributed by atoms with Gasteiger partial charge in [-0.2, -0.15) is 0 Å². The minimum atomic E-state index is 0.712. The van der Waals surface area contributed by atoms with Gasteiger partial charge in [-0.1, -0.05) is 0 Å². The molecule has 1 spiro atoms. The Kier molecular flexibility index (Phi) is 1.45. The first-order valence-electron chi connectivity index (χ1n) is 5.63. The van der Waals surface area contributed by atoms with Gasteiger partial charge in [0.25, 0.3) is 0 Å². The average Bonchev–Trinajstić information content (AvgIpc) is 2.54. The molecule has 2 nitrogen and oxygen atoms in total. The van der Waals surface area contributed by atoms with Crippen LogP contribution in [0.5, 0.6) is 0 Å². The highest BCUT2D eigenvalue weighted by molar-refractivity contribution is 5.23. The molecule has 1 N–H and O–H groups in total. The number of likely N-dealkylation sites (tertiary alicyclic amines) is 1. The number of nitrogens with one attached hydrogen (secondary N) is 1. The van der Waals surface area contributed by atoms with Crippen molar-refractivity contribution in [3.63, 3.8) is 0 Å². The molecule has 0 bridgehead atoms. The monoisotopic (exact) mass is 180 g/mol. The minimum absolute atomic E-state index is 0.712. The van der Waals surface area contributed by atoms with Crippen LogP contribution in [0.15, 0.2) is 0 Å². The summed E-state index contributed by atoms with van der Waals surface area (Å²) in [5.74, 6) is 1.00. The van der Waals surface area contributed by atoms with E-state index in [0.717, 1.165) is 24.0 Å². The number of hydrogen-bond donors (Lipinski definition) is 1. The first-order chi connectivity index (χ1) is 6.13. The van der Waals surface area contributed by atoms with E-state index in [0.29, 0.717) is 5.41 Å². The van der Waals surface area contributed by atoms with Gasteiger partial charge >= 0.3 is 0 Å². The zero-order chi connectivity index (χ0) is 9.22. The van der Waals surface area contributed by atoms with Gasteiger partial charge in [0.05, 0.1) is 0 Å². The highest BCUT2D eigenvalue weighted by atomic mass is 15.3. The SMILES string of the molecule is CC1N[C@H]2CN(C(C)C)CC23CC13. The topological polar surface area (TPSA) is 15.3 Å². The molecule has 3 fully saturated rings. The summed E-state index contributed by atoms with van der Waals surface area (Å²) in [6, 6.07) is 2.34. The van der Waals surface area contributed by atoms with E-state index in [4.69, 9.17) is 0 Å². The van der Waals surface area contributed by atoms with E-state index in [9.17, 15) is 0 Å². The largest absolute Gasteiger partial charge is 0.309 e. The second-order valence-corrected chi connectivity index (χ2v) is 5.57. The summed E-state index contributed by atoms with van der Waals surface area (Å²) in [7, 11) is 0. The summed E-state index contributed by atoms with van der Waals surface area (Å²) < 4.78 is 0. The molecule has 0 radical (unpaired) electrons. The van der Waals surface area contributed by atoms with Gasteiger partial charge in [-0.15, -0.1) is 0 Å². The molecule has 3 aliphatic rings. The van der Waals surface area contributed by atoms with E-state index in [1.165, 1.54) is 19.5 Å². The molecule has 0 amide bonds. The van der Waals surface area contributed by atoms with Crippen LogP contribution in [0.2, 0.25) is 0 Å². The number of piperidine rings is 1. The van der Waals surface area contributed by atoms with Crippen molar-refractivity contribution in [1.29, 1.82) is 0 Å². The summed E-state index contributed by atoms with van der Waals surface area (Å²) in [6.45, 7) is 9.64. The van der Waals surface area contributed by atoms with Gasteiger partial charge in [0.1, 0.15) is 0 Å². The van der Waals surface area contributed by atoms with Gasteiger partial charge in [0.2, 0.25) is 0 Å². The van der Waals surface area contributed by atoms with Crippen LogP contribution in [0, 0.1) is 11.3 Å². The lowest BCUT2D eigenvalue weighted by Crippen LogP contribution is -2.38. The van der Waals surface area contributed by atoms with E-state index in [1.54, 1.807) is 0 Å². The van der Waals surface area contributed by atoms with E-state index in [-0.39, 0.29) is 0 Å². The van der Waals surface area contributed by atoms with Crippen molar-refractivity contribution in [2.45, 2.75) is 45.3 Å². The lowest BCUT2D eigenvalue weighted by Gasteiger charge is -2.21. The predicted molar refractivity (Wildman–Crippen MR) is 53.6 cm³/mol. The highest BCUT2D eigenvalue weighted by Gasteiger charge is 2.68. The molecule has 0 aromatic carbocycles. The van der Waals surface area contributed by atoms with Gasteiger partial charge in [-0.25, -0.2) is 0 Å². The van der Waals surface area contributed by atoms with Crippen LogP contribution >= 0.6 is 0 Å². The van der Waals surface area contributed by atoms with Crippen LogP contribution < -0.4 is 5.32 Å². The Balaban J connectivity index is 1.79. The maximum atomic E-state index is 3.75. The molecule has 2 heterocycles. The van der Waals surface area contributed by atoms with Crippen molar-refractivity contribution in [3.8, 4) is 0 Å². The molecule has 2 saturated heterocycles. The second-order valence-electron chi connectivity index (χ2n) is 5.57. The third-order valence-electron chi connectivity index (χ3n) is 4.58. The number of rotatable bonds is 1. The summed E-state index contributed by atoms with van der Waals surface area (Å²) in [6.07, 6.45) is 1.50. The fourth-order valence-electron chi connectivity index (χ4n) is 3.62. The Morgan fingerprint density at radius 3 is 2.77 bits per heavy atom. The lowest BCUT2D eigenvalue weighted by molar-refractivity contribution is 0.250. The minimum Gasteiger partial charge on any atom is -0.309 e. The van der Waals surface area contributed by atoms with Crippen molar-refractivity contribution < 1.29 is 0 Å². The smallest absolute Gasteiger partial charge is 0.0269 e. The van der Waals surface area contributed by atoms with Gasteiger partial charge < -0.3 is 5.32 Å². The van der Waals surface area contributed by atoms with Crippen LogP contribution in [-0.4, -0.2) is 36.1 Å². The van der Waals surface area contributed by atoms with Crippen LogP contribution in [0.3, 0.4) is 0 Å². The Hall–Kier alpha value is -0.0800. The fraction of sp³-hybridized carbons (Fsp3) is 1.00. The summed E-state index contributed by atoms with van der Waals surface area (Å²) >= 11 is 0. The maximum Gasteiger partial charge on any atom is 0.0269 e. The quantitative estimate of drug-likeness (QED) is 0.649. The first kappa shape index (κ1) is 8.25. The summed E-state index contributed by atoms with van der Waals surface area (Å²) in [4.78, 5) is 2.64. The maximum absolute atomic E-state index is 3.75. The van der Waals surface area contributed by atoms with Crippen molar-refractivity contribution in [1.82, 2.24) is 10.2 Å². The Morgan fingerprint density at radius 1 is 1.46 bits per heavy atom. The molecule has 2 heteroatoms. The van der Waals surface area contributed by atoms with E-state index in [2.05, 4.69) is 31.0 Å². The Morgan fingerprint density at radius 2 is 2.23 bits per heavy atom. The Labute approximate surface area is 80.7 Å². The standard InChI is InChI=1S/C11H20N2/c1-7(2)13-5-10-11(6-13)4-9(11)8(3)12-10/h7-10,12H,4-6H2,1-3H3/t8?,9?,10-,11?/m0/s1. The molecule has 3 unspecified atom stereocenters. The van der Waals surface area contributed by atoms with E-state index >= 15 is 0 Å². The van der Waals surface area contributed by atoms with Crippen LogP contribution in [0.1, 0.15) is 27.2 Å². The second kappa shape index (κ2) is 2.29. The molecule has 0 aromatic heterocycles. The van der Waals surface area contributed by atoms with Crippen molar-refractivity contribution in [2.24, 2.45) is 11.3 Å². The van der Waals surface area contributed by atoms with Crippen molar-refractivity contribution in [2.75, 3.05) is 13.1 Å². The molecule has 2 aliphatic heterocycles. The number of nitrogens with zero attached hydrogens (tertiary/aromatic N) is 1. The summed E-state index contributed by atoms with van der Waals surface area (Å²) in [5, 5.41) is 3.75. The first-order valence-corrected chi connectivity index (χ1v) is 5.63. The molecule has 3 rings (SSSR count). The lowest BCUT2D eigenvalue weighted by atomic mass is 10.0. The van der Waals surface area contributed by atoms with Gasteiger partial charge in [-0.3, -0.25) is 4.90 Å². The fourth-order valence-corrected chi connectivity index (χ4v) is 3.62. The molecule has 1 aliphatic carbocycles. The van der Waals surface area contributed by atoms with Crippen molar-refractivity contribution >= 4 is 0 Å². The van der Waals surface area contributed by atoms with Gasteiger partial charge in [-0.05, 0) is 33.1 Å². The van der Waals surface area contributed by atoms with Crippen molar-refractivity contribution in [3.05, 3.63) is 0 Å². The van der Waals surface area contributed by atoms with E-state index in [1.807, 2.05) is 0 Å².